The van der Waals surface area contributed by atoms with Gasteiger partial charge in [0.25, 0.3) is 0 Å². The molecule has 1 unspecified atom stereocenters. The predicted molar refractivity (Wildman–Crippen MR) is 74.8 cm³/mol. The van der Waals surface area contributed by atoms with Crippen LogP contribution in [0, 0.1) is 0 Å². The monoisotopic (exact) mass is 268 g/mol. The van der Waals surface area contributed by atoms with Crippen LogP contribution in [0.3, 0.4) is 0 Å². The Kier molecular flexibility index (Phi) is 5.20. The second kappa shape index (κ2) is 6.90. The molecule has 0 saturated carbocycles. The Morgan fingerprint density at radius 3 is 3.00 bits per heavy atom. The van der Waals surface area contributed by atoms with E-state index in [4.69, 9.17) is 14.6 Å². The summed E-state index contributed by atoms with van der Waals surface area (Å²) in [4.78, 5) is 0. The summed E-state index contributed by atoms with van der Waals surface area (Å²) in [6.07, 6.45) is 3.17. The van der Waals surface area contributed by atoms with E-state index in [1.165, 1.54) is 12.2 Å². The van der Waals surface area contributed by atoms with Gasteiger partial charge in [0.15, 0.2) is 11.5 Å². The van der Waals surface area contributed by atoms with E-state index in [0.717, 1.165) is 29.2 Å². The number of thioether (sulfide) groups is 1. The van der Waals surface area contributed by atoms with Crippen molar-refractivity contribution in [3.8, 4) is 11.5 Å². The number of hydrogen-bond donors (Lipinski definition) is 1. The highest BCUT2D eigenvalue weighted by Crippen LogP contribution is 2.34. The predicted octanol–water partition coefficient (Wildman–Crippen LogP) is 2.50. The van der Waals surface area contributed by atoms with Crippen LogP contribution in [-0.4, -0.2) is 36.4 Å². The Balaban J connectivity index is 2.16. The Labute approximate surface area is 112 Å². The van der Waals surface area contributed by atoms with Gasteiger partial charge in [-0.05, 0) is 31.1 Å². The molecule has 1 aromatic carbocycles. The largest absolute Gasteiger partial charge is 0.493 e. The van der Waals surface area contributed by atoms with Gasteiger partial charge in [0.2, 0.25) is 0 Å². The Hall–Kier alpha value is -0.870. The lowest BCUT2D eigenvalue weighted by Gasteiger charge is -2.25. The van der Waals surface area contributed by atoms with E-state index in [1.807, 2.05) is 30.0 Å². The fourth-order valence-electron chi connectivity index (χ4n) is 2.14. The molecule has 0 aromatic heterocycles. The van der Waals surface area contributed by atoms with E-state index in [9.17, 15) is 0 Å². The maximum Gasteiger partial charge on any atom is 0.164 e. The third-order valence-electron chi connectivity index (χ3n) is 3.06. The Morgan fingerprint density at radius 1 is 1.44 bits per heavy atom. The third-order valence-corrected chi connectivity index (χ3v) is 4.25. The van der Waals surface area contributed by atoms with Gasteiger partial charge >= 0.3 is 0 Å². The summed E-state index contributed by atoms with van der Waals surface area (Å²) in [5.74, 6) is 3.84. The fourth-order valence-corrected chi connectivity index (χ4v) is 3.18. The Bertz CT molecular complexity index is 375. The van der Waals surface area contributed by atoms with Crippen molar-refractivity contribution in [2.24, 2.45) is 0 Å². The number of aliphatic hydroxyl groups excluding tert-OH is 1. The van der Waals surface area contributed by atoms with Crippen molar-refractivity contribution in [1.29, 1.82) is 0 Å². The van der Waals surface area contributed by atoms with Gasteiger partial charge in [-0.25, -0.2) is 0 Å². The molecule has 2 rings (SSSR count). The molecule has 0 bridgehead atoms. The first kappa shape index (κ1) is 13.6. The number of para-hydroxylation sites is 1. The van der Waals surface area contributed by atoms with Crippen LogP contribution in [0.5, 0.6) is 11.5 Å². The SMILES string of the molecule is COc1cccc(CCO)c1OC1CCCSC1. The smallest absolute Gasteiger partial charge is 0.164 e. The third kappa shape index (κ3) is 3.33. The first-order valence-corrected chi connectivity index (χ1v) is 7.51. The highest BCUT2D eigenvalue weighted by atomic mass is 32.2. The van der Waals surface area contributed by atoms with Gasteiger partial charge in [-0.3, -0.25) is 0 Å². The number of benzene rings is 1. The van der Waals surface area contributed by atoms with E-state index in [1.54, 1.807) is 7.11 Å². The van der Waals surface area contributed by atoms with Crippen LogP contribution in [-0.2, 0) is 6.42 Å². The number of aliphatic hydroxyl groups is 1. The van der Waals surface area contributed by atoms with Crippen molar-refractivity contribution in [2.75, 3.05) is 25.2 Å². The van der Waals surface area contributed by atoms with Gasteiger partial charge < -0.3 is 14.6 Å². The number of hydrogen-bond acceptors (Lipinski definition) is 4. The van der Waals surface area contributed by atoms with Gasteiger partial charge in [0.1, 0.15) is 6.10 Å². The van der Waals surface area contributed by atoms with Crippen molar-refractivity contribution in [3.05, 3.63) is 23.8 Å². The maximum atomic E-state index is 9.11. The molecule has 1 aliphatic rings. The zero-order valence-corrected chi connectivity index (χ0v) is 11.5. The molecule has 0 spiro atoms. The lowest BCUT2D eigenvalue weighted by Crippen LogP contribution is -2.24. The van der Waals surface area contributed by atoms with Crippen molar-refractivity contribution in [2.45, 2.75) is 25.4 Å². The van der Waals surface area contributed by atoms with Crippen LogP contribution in [0.2, 0.25) is 0 Å². The fraction of sp³-hybridized carbons (Fsp3) is 0.571. The van der Waals surface area contributed by atoms with Gasteiger partial charge in [-0.2, -0.15) is 11.8 Å². The number of ether oxygens (including phenoxy) is 2. The molecule has 1 aliphatic heterocycles. The molecule has 1 heterocycles. The van der Waals surface area contributed by atoms with Crippen LogP contribution in [0.1, 0.15) is 18.4 Å². The number of methoxy groups -OCH3 is 1. The van der Waals surface area contributed by atoms with Crippen molar-refractivity contribution in [1.82, 2.24) is 0 Å². The van der Waals surface area contributed by atoms with Crippen molar-refractivity contribution >= 4 is 11.8 Å². The Morgan fingerprint density at radius 2 is 2.33 bits per heavy atom. The van der Waals surface area contributed by atoms with Gasteiger partial charge in [-0.1, -0.05) is 12.1 Å². The van der Waals surface area contributed by atoms with E-state index in [2.05, 4.69) is 0 Å². The van der Waals surface area contributed by atoms with Crippen LogP contribution < -0.4 is 9.47 Å². The second-order valence-corrected chi connectivity index (χ2v) is 5.53. The molecule has 0 aliphatic carbocycles. The quantitative estimate of drug-likeness (QED) is 0.890. The van der Waals surface area contributed by atoms with Crippen LogP contribution in [0.4, 0.5) is 0 Å². The standard InChI is InChI=1S/C14H20O3S/c1-16-13-6-2-4-11(7-8-15)14(13)17-12-5-3-9-18-10-12/h2,4,6,12,15H,3,5,7-10H2,1H3. The highest BCUT2D eigenvalue weighted by molar-refractivity contribution is 7.99. The highest BCUT2D eigenvalue weighted by Gasteiger charge is 2.19. The van der Waals surface area contributed by atoms with E-state index in [0.29, 0.717) is 6.42 Å². The molecule has 1 N–H and O–H groups in total. The van der Waals surface area contributed by atoms with E-state index >= 15 is 0 Å². The molecule has 0 amide bonds. The lowest BCUT2D eigenvalue weighted by molar-refractivity contribution is 0.198. The lowest BCUT2D eigenvalue weighted by atomic mass is 10.1. The van der Waals surface area contributed by atoms with Crippen LogP contribution in [0.15, 0.2) is 18.2 Å². The molecule has 1 fully saturated rings. The average molecular weight is 268 g/mol. The molecule has 1 saturated heterocycles. The zero-order valence-electron chi connectivity index (χ0n) is 10.7. The molecule has 18 heavy (non-hydrogen) atoms. The average Bonchev–Trinajstić information content (AvgIpc) is 2.42. The maximum absolute atomic E-state index is 9.11. The summed E-state index contributed by atoms with van der Waals surface area (Å²) >= 11 is 1.94. The van der Waals surface area contributed by atoms with Crippen LogP contribution in [0.25, 0.3) is 0 Å². The summed E-state index contributed by atoms with van der Waals surface area (Å²) in [5, 5.41) is 9.11. The molecule has 100 valence electrons. The van der Waals surface area contributed by atoms with E-state index < -0.39 is 0 Å². The molecule has 1 aromatic rings. The topological polar surface area (TPSA) is 38.7 Å². The first-order chi connectivity index (χ1) is 8.85. The summed E-state index contributed by atoms with van der Waals surface area (Å²) in [6, 6.07) is 5.84. The van der Waals surface area contributed by atoms with Crippen molar-refractivity contribution < 1.29 is 14.6 Å². The van der Waals surface area contributed by atoms with Gasteiger partial charge in [0, 0.05) is 17.9 Å². The summed E-state index contributed by atoms with van der Waals surface area (Å²) in [7, 11) is 1.65. The minimum atomic E-state index is 0.128. The minimum absolute atomic E-state index is 0.128. The number of rotatable bonds is 5. The molecule has 3 nitrogen and oxygen atoms in total. The van der Waals surface area contributed by atoms with Gasteiger partial charge in [0.05, 0.1) is 7.11 Å². The minimum Gasteiger partial charge on any atom is -0.493 e. The molecule has 0 radical (unpaired) electrons. The first-order valence-electron chi connectivity index (χ1n) is 6.36. The summed E-state index contributed by atoms with van der Waals surface area (Å²) < 4.78 is 11.5. The van der Waals surface area contributed by atoms with Crippen molar-refractivity contribution in [3.63, 3.8) is 0 Å². The molecule has 4 heteroatoms. The molecular formula is C14H20O3S. The molecular weight excluding hydrogens is 248 g/mol. The summed E-state index contributed by atoms with van der Waals surface area (Å²) in [5.41, 5.74) is 1.02. The van der Waals surface area contributed by atoms with E-state index in [-0.39, 0.29) is 12.7 Å². The van der Waals surface area contributed by atoms with Crippen LogP contribution >= 0.6 is 11.8 Å². The molecule has 1 atom stereocenters. The second-order valence-electron chi connectivity index (χ2n) is 4.38. The zero-order chi connectivity index (χ0) is 12.8. The van der Waals surface area contributed by atoms with Gasteiger partial charge in [-0.15, -0.1) is 0 Å². The normalized spacial score (nSPS) is 19.6. The summed E-state index contributed by atoms with van der Waals surface area (Å²) in [6.45, 7) is 0.128.